The Balaban J connectivity index is 1.60. The van der Waals surface area contributed by atoms with Crippen LogP contribution < -0.4 is 10.2 Å². The summed E-state index contributed by atoms with van der Waals surface area (Å²) in [5.41, 5.74) is 0.501. The number of aliphatic imine (C=N–C) groups is 1. The molecule has 1 aliphatic heterocycles. The highest BCUT2D eigenvalue weighted by Crippen LogP contribution is 2.32. The van der Waals surface area contributed by atoms with E-state index in [0.29, 0.717) is 15.6 Å². The van der Waals surface area contributed by atoms with E-state index in [1.54, 1.807) is 24.3 Å². The maximum absolute atomic E-state index is 14.6. The average Bonchev–Trinajstić information content (AvgIpc) is 3.12. The largest absolute Gasteiger partial charge is 0.323 e. The van der Waals surface area contributed by atoms with Crippen LogP contribution in [0.25, 0.3) is 6.08 Å². The number of hydrogen-bond acceptors (Lipinski definition) is 4. The Bertz CT molecular complexity index is 1400. The number of amides is 2. The zero-order chi connectivity index (χ0) is 25.1. The highest BCUT2D eigenvalue weighted by atomic mass is 35.5. The summed E-state index contributed by atoms with van der Waals surface area (Å²) in [5, 5.41) is 3.35. The third kappa shape index (κ3) is 5.85. The zero-order valence-corrected chi connectivity index (χ0v) is 20.7. The van der Waals surface area contributed by atoms with Gasteiger partial charge in [0.2, 0.25) is 5.91 Å². The molecule has 0 fully saturated rings. The number of amidine groups is 1. The molecule has 11 heteroatoms. The van der Waals surface area contributed by atoms with Gasteiger partial charge in [-0.25, -0.2) is 13.8 Å². The number of thioether (sulfide) groups is 1. The van der Waals surface area contributed by atoms with Crippen molar-refractivity contribution in [2.75, 3.05) is 16.0 Å². The molecule has 3 aromatic rings. The number of carbonyl (C=O) groups is 2. The van der Waals surface area contributed by atoms with Gasteiger partial charge in [0.1, 0.15) is 17.3 Å². The maximum Gasteiger partial charge on any atom is 0.283 e. The van der Waals surface area contributed by atoms with Crippen LogP contribution in [0.1, 0.15) is 5.56 Å². The fraction of sp³-hybridized carbons (Fsp3) is 0.0417. The second-order valence-corrected chi connectivity index (χ2v) is 9.34. The molecule has 178 valence electrons. The maximum atomic E-state index is 14.6. The molecular formula is C24H14Cl3F2N3O2S. The molecule has 0 atom stereocenters. The molecule has 0 spiro atoms. The van der Waals surface area contributed by atoms with Crippen molar-refractivity contribution in [2.45, 2.75) is 0 Å². The SMILES string of the molecule is O=C(CSC1=NC(=Cc2ccc(Cl)c(Cl)c2)C(=O)N1c1ccccc1F)Nc1ccc(Cl)cc1F. The van der Waals surface area contributed by atoms with Gasteiger partial charge < -0.3 is 5.32 Å². The average molecular weight is 553 g/mol. The molecule has 35 heavy (non-hydrogen) atoms. The van der Waals surface area contributed by atoms with Gasteiger partial charge in [-0.3, -0.25) is 14.5 Å². The van der Waals surface area contributed by atoms with Crippen molar-refractivity contribution in [1.82, 2.24) is 0 Å². The third-order valence-electron chi connectivity index (χ3n) is 4.71. The molecule has 1 N–H and O–H groups in total. The number of halogens is 5. The number of carbonyl (C=O) groups excluding carboxylic acids is 2. The molecule has 3 aromatic carbocycles. The lowest BCUT2D eigenvalue weighted by atomic mass is 10.2. The van der Waals surface area contributed by atoms with Gasteiger partial charge in [-0.2, -0.15) is 0 Å². The van der Waals surface area contributed by atoms with E-state index in [0.717, 1.165) is 22.7 Å². The summed E-state index contributed by atoms with van der Waals surface area (Å²) in [6.45, 7) is 0. The van der Waals surface area contributed by atoms with Crippen LogP contribution in [0.15, 0.2) is 71.4 Å². The summed E-state index contributed by atoms with van der Waals surface area (Å²) in [5.74, 6) is -2.70. The second-order valence-electron chi connectivity index (χ2n) is 7.15. The lowest BCUT2D eigenvalue weighted by molar-refractivity contribution is -0.114. The summed E-state index contributed by atoms with van der Waals surface area (Å²) >= 11 is 18.6. The van der Waals surface area contributed by atoms with Gasteiger partial charge in [-0.05, 0) is 54.1 Å². The number of benzene rings is 3. The molecule has 4 rings (SSSR count). The zero-order valence-electron chi connectivity index (χ0n) is 17.6. The van der Waals surface area contributed by atoms with Gasteiger partial charge in [-0.1, -0.05) is 64.8 Å². The van der Waals surface area contributed by atoms with Crippen LogP contribution in [0.3, 0.4) is 0 Å². The lowest BCUT2D eigenvalue weighted by Gasteiger charge is -2.18. The van der Waals surface area contributed by atoms with Crippen LogP contribution in [-0.4, -0.2) is 22.7 Å². The molecule has 0 bridgehead atoms. The smallest absolute Gasteiger partial charge is 0.283 e. The van der Waals surface area contributed by atoms with Crippen LogP contribution in [0.4, 0.5) is 20.2 Å². The van der Waals surface area contributed by atoms with Gasteiger partial charge in [0, 0.05) is 5.02 Å². The van der Waals surface area contributed by atoms with Crippen molar-refractivity contribution in [3.8, 4) is 0 Å². The molecule has 0 saturated heterocycles. The van der Waals surface area contributed by atoms with E-state index in [4.69, 9.17) is 34.8 Å². The van der Waals surface area contributed by atoms with Crippen molar-refractivity contribution < 1.29 is 18.4 Å². The Morgan fingerprint density at radius 1 is 1.00 bits per heavy atom. The Morgan fingerprint density at radius 2 is 1.77 bits per heavy atom. The number of rotatable bonds is 5. The van der Waals surface area contributed by atoms with Gasteiger partial charge in [0.15, 0.2) is 5.17 Å². The van der Waals surface area contributed by atoms with Gasteiger partial charge in [0.25, 0.3) is 5.91 Å². The van der Waals surface area contributed by atoms with Crippen molar-refractivity contribution >= 4 is 81.0 Å². The van der Waals surface area contributed by atoms with Crippen molar-refractivity contribution in [3.05, 3.63) is 98.6 Å². The van der Waals surface area contributed by atoms with Crippen LogP contribution in [0, 0.1) is 11.6 Å². The highest BCUT2D eigenvalue weighted by molar-refractivity contribution is 8.14. The summed E-state index contributed by atoms with van der Waals surface area (Å²) in [4.78, 5) is 31.0. The number of para-hydroxylation sites is 1. The molecule has 1 heterocycles. The Labute approximate surface area is 218 Å². The fourth-order valence-electron chi connectivity index (χ4n) is 3.11. The topological polar surface area (TPSA) is 61.8 Å². The second kappa shape index (κ2) is 10.8. The van der Waals surface area contributed by atoms with E-state index in [9.17, 15) is 18.4 Å². The summed E-state index contributed by atoms with van der Waals surface area (Å²) in [6, 6.07) is 14.3. The minimum atomic E-state index is -0.691. The minimum Gasteiger partial charge on any atom is -0.323 e. The molecule has 0 radical (unpaired) electrons. The van der Waals surface area contributed by atoms with E-state index in [1.807, 2.05) is 0 Å². The third-order valence-corrected chi connectivity index (χ3v) is 6.62. The van der Waals surface area contributed by atoms with Crippen molar-refractivity contribution in [3.63, 3.8) is 0 Å². The lowest BCUT2D eigenvalue weighted by Crippen LogP contribution is -2.32. The number of nitrogens with one attached hydrogen (secondary N) is 1. The van der Waals surface area contributed by atoms with E-state index in [-0.39, 0.29) is 33.0 Å². The van der Waals surface area contributed by atoms with Gasteiger partial charge in [0.05, 0.1) is 27.2 Å². The highest BCUT2D eigenvalue weighted by Gasteiger charge is 2.34. The molecule has 2 amide bonds. The molecule has 0 aliphatic carbocycles. The number of hydrogen-bond donors (Lipinski definition) is 1. The van der Waals surface area contributed by atoms with E-state index < -0.39 is 23.4 Å². The molecule has 0 saturated carbocycles. The van der Waals surface area contributed by atoms with Crippen LogP contribution >= 0.6 is 46.6 Å². The molecular weight excluding hydrogens is 539 g/mol. The molecule has 1 aliphatic rings. The molecule has 5 nitrogen and oxygen atoms in total. The Hall–Kier alpha value is -2.91. The molecule has 0 aromatic heterocycles. The van der Waals surface area contributed by atoms with E-state index in [2.05, 4.69) is 10.3 Å². The predicted molar refractivity (Wildman–Crippen MR) is 138 cm³/mol. The predicted octanol–water partition coefficient (Wildman–Crippen LogP) is 7.04. The normalized spacial score (nSPS) is 14.4. The fourth-order valence-corrected chi connectivity index (χ4v) is 4.38. The first-order valence-corrected chi connectivity index (χ1v) is 12.1. The quantitative estimate of drug-likeness (QED) is 0.345. The van der Waals surface area contributed by atoms with Crippen LogP contribution in [0.5, 0.6) is 0 Å². The van der Waals surface area contributed by atoms with E-state index in [1.165, 1.54) is 36.4 Å². The first kappa shape index (κ1) is 25.2. The minimum absolute atomic E-state index is 0.0123. The van der Waals surface area contributed by atoms with E-state index >= 15 is 0 Å². The van der Waals surface area contributed by atoms with Gasteiger partial charge >= 0.3 is 0 Å². The molecule has 0 unspecified atom stereocenters. The number of nitrogens with zero attached hydrogens (tertiary/aromatic N) is 2. The standard InChI is InChI=1S/C24H14Cl3F2N3O2S/c25-14-6-8-19(18(29)11-14)30-22(33)12-35-24-31-20(10-13-5-7-15(26)16(27)9-13)23(34)32(24)21-4-2-1-3-17(21)28/h1-11H,12H2,(H,30,33). The van der Waals surface area contributed by atoms with Crippen molar-refractivity contribution in [1.29, 1.82) is 0 Å². The van der Waals surface area contributed by atoms with Gasteiger partial charge in [-0.15, -0.1) is 0 Å². The Morgan fingerprint density at radius 3 is 2.49 bits per heavy atom. The first-order valence-electron chi connectivity index (χ1n) is 9.95. The Kier molecular flexibility index (Phi) is 7.76. The first-order chi connectivity index (χ1) is 16.7. The summed E-state index contributed by atoms with van der Waals surface area (Å²) in [7, 11) is 0. The summed E-state index contributed by atoms with van der Waals surface area (Å²) in [6.07, 6.45) is 1.48. The van der Waals surface area contributed by atoms with Crippen LogP contribution in [-0.2, 0) is 9.59 Å². The monoisotopic (exact) mass is 551 g/mol. The summed E-state index contributed by atoms with van der Waals surface area (Å²) < 4.78 is 28.6. The van der Waals surface area contributed by atoms with Crippen molar-refractivity contribution in [2.24, 2.45) is 4.99 Å². The number of anilines is 2. The van der Waals surface area contributed by atoms with Crippen LogP contribution in [0.2, 0.25) is 15.1 Å².